The zero-order valence-corrected chi connectivity index (χ0v) is 17.6. The lowest BCUT2D eigenvalue weighted by atomic mass is 10.2. The van der Waals surface area contributed by atoms with Gasteiger partial charge in [-0.1, -0.05) is 6.07 Å². The number of ether oxygens (including phenoxy) is 3. The first kappa shape index (κ1) is 21.2. The summed E-state index contributed by atoms with van der Waals surface area (Å²) in [6, 6.07) is 14.2. The Bertz CT molecular complexity index is 1070. The van der Waals surface area contributed by atoms with E-state index in [9.17, 15) is 4.79 Å². The molecule has 1 saturated heterocycles. The van der Waals surface area contributed by atoms with Crippen LogP contribution in [0.5, 0.6) is 17.4 Å². The molecule has 166 valence electrons. The Morgan fingerprint density at radius 1 is 1.12 bits per heavy atom. The maximum Gasteiger partial charge on any atom is 0.316 e. The minimum absolute atomic E-state index is 0.138. The van der Waals surface area contributed by atoms with Gasteiger partial charge >= 0.3 is 6.03 Å². The molecule has 1 aliphatic heterocycles. The topological polar surface area (TPSA) is 124 Å². The van der Waals surface area contributed by atoms with E-state index in [4.69, 9.17) is 19.9 Å². The van der Waals surface area contributed by atoms with Crippen molar-refractivity contribution in [3.8, 4) is 17.4 Å². The number of carbonyl (C=O) groups is 1. The molecule has 0 saturated carbocycles. The molecule has 4 rings (SSSR count). The van der Waals surface area contributed by atoms with Crippen molar-refractivity contribution < 1.29 is 19.0 Å². The predicted octanol–water partition coefficient (Wildman–Crippen LogP) is 3.35. The molecule has 1 aromatic heterocycles. The summed E-state index contributed by atoms with van der Waals surface area (Å²) < 4.78 is 16.5. The number of benzene rings is 2. The van der Waals surface area contributed by atoms with Crippen molar-refractivity contribution in [1.82, 2.24) is 9.97 Å². The highest BCUT2D eigenvalue weighted by Crippen LogP contribution is 2.30. The molecular formula is C22H24N6O4. The Kier molecular flexibility index (Phi) is 6.52. The largest absolute Gasteiger partial charge is 0.497 e. The van der Waals surface area contributed by atoms with E-state index in [1.54, 1.807) is 31.4 Å². The third-order valence-corrected chi connectivity index (χ3v) is 4.77. The highest BCUT2D eigenvalue weighted by atomic mass is 16.5. The van der Waals surface area contributed by atoms with Crippen LogP contribution in [0, 0.1) is 0 Å². The lowest BCUT2D eigenvalue weighted by Crippen LogP contribution is -2.36. The molecule has 0 radical (unpaired) electrons. The van der Waals surface area contributed by atoms with Crippen LogP contribution in [0.3, 0.4) is 0 Å². The van der Waals surface area contributed by atoms with Crippen LogP contribution in [0.25, 0.3) is 0 Å². The molecule has 0 aliphatic carbocycles. The van der Waals surface area contributed by atoms with Crippen molar-refractivity contribution >= 4 is 29.0 Å². The third kappa shape index (κ3) is 5.35. The molecule has 1 aliphatic rings. The number of aromatic nitrogens is 2. The van der Waals surface area contributed by atoms with Gasteiger partial charge in [-0.2, -0.15) is 4.98 Å². The summed E-state index contributed by atoms with van der Waals surface area (Å²) in [6.45, 7) is 3.20. The summed E-state index contributed by atoms with van der Waals surface area (Å²) >= 11 is 0. The molecule has 32 heavy (non-hydrogen) atoms. The van der Waals surface area contributed by atoms with E-state index in [2.05, 4.69) is 25.5 Å². The first-order valence-corrected chi connectivity index (χ1v) is 10.1. The summed E-state index contributed by atoms with van der Waals surface area (Å²) in [4.78, 5) is 22.3. The summed E-state index contributed by atoms with van der Waals surface area (Å²) in [5.74, 6) is 1.55. The van der Waals surface area contributed by atoms with E-state index in [0.717, 1.165) is 37.7 Å². The number of anilines is 4. The quantitative estimate of drug-likeness (QED) is 0.515. The number of primary amides is 1. The average molecular weight is 436 g/mol. The third-order valence-electron chi connectivity index (χ3n) is 4.77. The fourth-order valence-electron chi connectivity index (χ4n) is 3.21. The minimum Gasteiger partial charge on any atom is -0.497 e. The Balaban J connectivity index is 1.53. The van der Waals surface area contributed by atoms with Crippen molar-refractivity contribution in [2.24, 2.45) is 5.73 Å². The maximum atomic E-state index is 11.4. The van der Waals surface area contributed by atoms with E-state index < -0.39 is 6.03 Å². The fraction of sp³-hybridized carbons (Fsp3) is 0.227. The van der Waals surface area contributed by atoms with Gasteiger partial charge in [0.25, 0.3) is 0 Å². The van der Waals surface area contributed by atoms with E-state index >= 15 is 0 Å². The van der Waals surface area contributed by atoms with Gasteiger partial charge < -0.3 is 35.5 Å². The van der Waals surface area contributed by atoms with E-state index in [-0.39, 0.29) is 11.6 Å². The Hall–Kier alpha value is -4.05. The van der Waals surface area contributed by atoms with Crippen LogP contribution < -0.4 is 30.7 Å². The summed E-state index contributed by atoms with van der Waals surface area (Å²) in [7, 11) is 1.57. The molecule has 4 N–H and O–H groups in total. The van der Waals surface area contributed by atoms with Gasteiger partial charge in [-0.25, -0.2) is 9.78 Å². The van der Waals surface area contributed by atoms with Crippen molar-refractivity contribution in [1.29, 1.82) is 0 Å². The van der Waals surface area contributed by atoms with Gasteiger partial charge in [-0.15, -0.1) is 0 Å². The number of nitrogens with one attached hydrogen (secondary N) is 2. The van der Waals surface area contributed by atoms with Gasteiger partial charge in [0.05, 0.1) is 26.5 Å². The van der Waals surface area contributed by atoms with Crippen LogP contribution >= 0.6 is 0 Å². The lowest BCUT2D eigenvalue weighted by molar-refractivity contribution is 0.122. The number of amides is 2. The number of carbonyl (C=O) groups excluding carboxylic acids is 1. The second kappa shape index (κ2) is 9.84. The first-order chi connectivity index (χ1) is 15.6. The summed E-state index contributed by atoms with van der Waals surface area (Å²) in [5, 5.41) is 5.62. The van der Waals surface area contributed by atoms with Gasteiger partial charge in [-0.3, -0.25) is 0 Å². The second-order valence-corrected chi connectivity index (χ2v) is 6.95. The predicted molar refractivity (Wildman–Crippen MR) is 121 cm³/mol. The van der Waals surface area contributed by atoms with Crippen LogP contribution in [-0.2, 0) is 4.74 Å². The van der Waals surface area contributed by atoms with E-state index in [1.807, 2.05) is 24.3 Å². The number of nitrogens with two attached hydrogens (primary N) is 1. The van der Waals surface area contributed by atoms with Gasteiger partial charge in [0, 0.05) is 30.5 Å². The molecule has 3 aromatic rings. The van der Waals surface area contributed by atoms with Crippen LogP contribution in [0.1, 0.15) is 0 Å². The van der Waals surface area contributed by atoms with Crippen LogP contribution in [-0.4, -0.2) is 49.4 Å². The molecule has 2 amide bonds. The van der Waals surface area contributed by atoms with E-state index in [1.165, 1.54) is 6.20 Å². The summed E-state index contributed by atoms with van der Waals surface area (Å²) in [6.07, 6.45) is 1.43. The Morgan fingerprint density at radius 3 is 2.59 bits per heavy atom. The number of urea groups is 1. The van der Waals surface area contributed by atoms with Gasteiger partial charge in [-0.05, 0) is 36.4 Å². The minimum atomic E-state index is -0.747. The number of methoxy groups -OCH3 is 1. The molecular weight excluding hydrogens is 412 g/mol. The molecule has 0 spiro atoms. The number of morpholine rings is 1. The fourth-order valence-corrected chi connectivity index (χ4v) is 3.21. The number of nitrogens with zero attached hydrogens (tertiary/aromatic N) is 3. The lowest BCUT2D eigenvalue weighted by Gasteiger charge is -2.28. The number of rotatable bonds is 7. The first-order valence-electron chi connectivity index (χ1n) is 10.1. The van der Waals surface area contributed by atoms with Crippen molar-refractivity contribution in [2.75, 3.05) is 48.9 Å². The zero-order chi connectivity index (χ0) is 22.3. The van der Waals surface area contributed by atoms with Crippen LogP contribution in [0.2, 0.25) is 0 Å². The smallest absolute Gasteiger partial charge is 0.316 e. The molecule has 2 heterocycles. The molecule has 0 unspecified atom stereocenters. The SMILES string of the molecule is COc1cccc(Oc2nc(Nc3ccc(N4CCOCC4)cc3)ncc2NC(N)=O)c1. The van der Waals surface area contributed by atoms with Gasteiger partial charge in [0.15, 0.2) is 0 Å². The molecule has 10 nitrogen and oxygen atoms in total. The normalized spacial score (nSPS) is 13.3. The van der Waals surface area contributed by atoms with Gasteiger partial charge in [0.2, 0.25) is 11.8 Å². The van der Waals surface area contributed by atoms with Crippen molar-refractivity contribution in [3.63, 3.8) is 0 Å². The molecule has 2 aromatic carbocycles. The Morgan fingerprint density at radius 2 is 1.88 bits per heavy atom. The Labute approximate surface area is 185 Å². The van der Waals surface area contributed by atoms with Crippen LogP contribution in [0.15, 0.2) is 54.7 Å². The molecule has 0 bridgehead atoms. The zero-order valence-electron chi connectivity index (χ0n) is 17.6. The van der Waals surface area contributed by atoms with Crippen molar-refractivity contribution in [2.45, 2.75) is 0 Å². The molecule has 1 fully saturated rings. The molecule has 10 heteroatoms. The van der Waals surface area contributed by atoms with E-state index in [0.29, 0.717) is 17.4 Å². The maximum absolute atomic E-state index is 11.4. The monoisotopic (exact) mass is 436 g/mol. The average Bonchev–Trinajstić information content (AvgIpc) is 2.82. The summed E-state index contributed by atoms with van der Waals surface area (Å²) in [5.41, 5.74) is 7.44. The highest BCUT2D eigenvalue weighted by Gasteiger charge is 2.14. The second-order valence-electron chi connectivity index (χ2n) is 6.95. The number of hydrogen-bond donors (Lipinski definition) is 3. The van der Waals surface area contributed by atoms with Gasteiger partial charge in [0.1, 0.15) is 17.2 Å². The molecule has 0 atom stereocenters. The number of hydrogen-bond acceptors (Lipinski definition) is 8. The van der Waals surface area contributed by atoms with Crippen LogP contribution in [0.4, 0.5) is 27.8 Å². The van der Waals surface area contributed by atoms with Crippen molar-refractivity contribution in [3.05, 3.63) is 54.7 Å². The standard InChI is InChI=1S/C22H24N6O4/c1-30-17-3-2-4-18(13-17)32-20-19(26-21(23)29)14-24-22(27-20)25-15-5-7-16(8-6-15)28-9-11-31-12-10-28/h2-8,13-14H,9-12H2,1H3,(H3,23,26,29)(H,24,25,27). The highest BCUT2D eigenvalue weighted by molar-refractivity contribution is 5.89.